The van der Waals surface area contributed by atoms with Gasteiger partial charge in [-0.25, -0.2) is 13.6 Å². The standard InChI is InChI=1S/C22H25F2N3O3.BrH/c1-27-9-8-22(13-2-5-18(28)19(29)10-13)7-6-15(12-20(22)27)26-21(30)25-14-3-4-16(23)17(24)11-14;/h2-5,10-11,15,20,28-29H,6-9,12H2,1H3,(H2,25,26,30);1H. The molecule has 2 aliphatic rings. The molecule has 2 aromatic rings. The molecule has 2 fully saturated rings. The van der Waals surface area contributed by atoms with Crippen LogP contribution in [0.5, 0.6) is 11.5 Å². The maximum absolute atomic E-state index is 13.3. The summed E-state index contributed by atoms with van der Waals surface area (Å²) in [6.07, 6.45) is 3.23. The average Bonchev–Trinajstić information content (AvgIpc) is 3.04. The zero-order valence-corrected chi connectivity index (χ0v) is 18.8. The van der Waals surface area contributed by atoms with Gasteiger partial charge in [-0.15, -0.1) is 17.0 Å². The monoisotopic (exact) mass is 497 g/mol. The number of carbonyl (C=O) groups is 1. The summed E-state index contributed by atoms with van der Waals surface area (Å²) in [5.74, 6) is -2.24. The van der Waals surface area contributed by atoms with Gasteiger partial charge >= 0.3 is 6.03 Å². The van der Waals surface area contributed by atoms with Gasteiger partial charge in [0.15, 0.2) is 23.1 Å². The van der Waals surface area contributed by atoms with Gasteiger partial charge in [0, 0.05) is 29.3 Å². The van der Waals surface area contributed by atoms with Crippen molar-refractivity contribution in [3.05, 3.63) is 53.6 Å². The summed E-state index contributed by atoms with van der Waals surface area (Å²) >= 11 is 0. The highest BCUT2D eigenvalue weighted by molar-refractivity contribution is 8.93. The number of amides is 2. The van der Waals surface area contributed by atoms with Gasteiger partial charge in [-0.2, -0.15) is 0 Å². The summed E-state index contributed by atoms with van der Waals surface area (Å²) in [5, 5.41) is 25.1. The molecule has 6 nitrogen and oxygen atoms in total. The molecule has 0 aromatic heterocycles. The Labute approximate surface area is 190 Å². The van der Waals surface area contributed by atoms with Crippen molar-refractivity contribution in [1.82, 2.24) is 10.2 Å². The van der Waals surface area contributed by atoms with E-state index >= 15 is 0 Å². The summed E-state index contributed by atoms with van der Waals surface area (Å²) < 4.78 is 26.4. The van der Waals surface area contributed by atoms with Crippen LogP contribution >= 0.6 is 17.0 Å². The summed E-state index contributed by atoms with van der Waals surface area (Å²) in [6, 6.07) is 7.91. The Hall–Kier alpha value is -2.39. The number of carbonyl (C=O) groups excluding carboxylic acids is 1. The van der Waals surface area contributed by atoms with E-state index in [2.05, 4.69) is 22.6 Å². The smallest absolute Gasteiger partial charge is 0.319 e. The van der Waals surface area contributed by atoms with Crippen molar-refractivity contribution in [2.24, 2.45) is 0 Å². The summed E-state index contributed by atoms with van der Waals surface area (Å²) in [4.78, 5) is 14.6. The van der Waals surface area contributed by atoms with Crippen molar-refractivity contribution in [2.75, 3.05) is 18.9 Å². The highest BCUT2D eigenvalue weighted by Crippen LogP contribution is 2.49. The predicted molar refractivity (Wildman–Crippen MR) is 119 cm³/mol. The zero-order chi connectivity index (χ0) is 21.5. The fourth-order valence-corrected chi connectivity index (χ4v) is 5.01. The molecule has 0 spiro atoms. The van der Waals surface area contributed by atoms with Crippen LogP contribution in [0.4, 0.5) is 19.3 Å². The van der Waals surface area contributed by atoms with Crippen LogP contribution in [0, 0.1) is 11.6 Å². The van der Waals surface area contributed by atoms with Gasteiger partial charge in [0.2, 0.25) is 0 Å². The minimum Gasteiger partial charge on any atom is -0.504 e. The summed E-state index contributed by atoms with van der Waals surface area (Å²) in [7, 11) is 2.05. The molecule has 168 valence electrons. The quantitative estimate of drug-likeness (QED) is 0.477. The molecule has 1 saturated heterocycles. The highest BCUT2D eigenvalue weighted by Gasteiger charge is 2.50. The number of likely N-dealkylation sites (tertiary alicyclic amines) is 1. The Morgan fingerprint density at radius 2 is 1.87 bits per heavy atom. The number of fused-ring (bicyclic) bond motifs is 1. The van der Waals surface area contributed by atoms with Crippen molar-refractivity contribution in [3.63, 3.8) is 0 Å². The number of nitrogens with zero attached hydrogens (tertiary/aromatic N) is 1. The number of likely N-dealkylation sites (N-methyl/N-ethyl adjacent to an activating group) is 1. The van der Waals surface area contributed by atoms with Crippen LogP contribution in [0.2, 0.25) is 0 Å². The number of halogens is 3. The Morgan fingerprint density at radius 3 is 2.58 bits per heavy atom. The molecule has 2 amide bonds. The molecular weight excluding hydrogens is 472 g/mol. The van der Waals surface area contributed by atoms with Crippen LogP contribution in [0.3, 0.4) is 0 Å². The van der Waals surface area contributed by atoms with Crippen LogP contribution in [0.25, 0.3) is 0 Å². The van der Waals surface area contributed by atoms with E-state index in [1.54, 1.807) is 6.07 Å². The fourth-order valence-electron chi connectivity index (χ4n) is 5.01. The lowest BCUT2D eigenvalue weighted by atomic mass is 9.65. The molecule has 1 aliphatic carbocycles. The van der Waals surface area contributed by atoms with Crippen LogP contribution in [-0.4, -0.2) is 46.8 Å². The van der Waals surface area contributed by atoms with Crippen LogP contribution < -0.4 is 10.6 Å². The number of hydrogen-bond donors (Lipinski definition) is 4. The molecule has 4 rings (SSSR count). The third kappa shape index (κ3) is 4.48. The lowest BCUT2D eigenvalue weighted by Gasteiger charge is -2.44. The largest absolute Gasteiger partial charge is 0.504 e. The molecule has 1 heterocycles. The van der Waals surface area contributed by atoms with Gasteiger partial charge in [-0.1, -0.05) is 6.07 Å². The molecule has 0 bridgehead atoms. The van der Waals surface area contributed by atoms with Gasteiger partial charge in [-0.05, 0) is 69.1 Å². The van der Waals surface area contributed by atoms with E-state index in [0.717, 1.165) is 49.9 Å². The van der Waals surface area contributed by atoms with E-state index in [4.69, 9.17) is 0 Å². The minimum absolute atomic E-state index is 0. The predicted octanol–water partition coefficient (Wildman–Crippen LogP) is 4.27. The molecule has 4 N–H and O–H groups in total. The number of urea groups is 1. The summed E-state index contributed by atoms with van der Waals surface area (Å²) in [5.41, 5.74) is 1.04. The van der Waals surface area contributed by atoms with E-state index in [0.29, 0.717) is 0 Å². The van der Waals surface area contributed by atoms with Crippen molar-refractivity contribution >= 4 is 28.7 Å². The number of anilines is 1. The molecule has 3 atom stereocenters. The van der Waals surface area contributed by atoms with E-state index in [1.807, 2.05) is 6.07 Å². The Bertz CT molecular complexity index is 977. The number of rotatable bonds is 3. The topological polar surface area (TPSA) is 84.8 Å². The van der Waals surface area contributed by atoms with Gasteiger partial charge < -0.3 is 25.7 Å². The lowest BCUT2D eigenvalue weighted by Crippen LogP contribution is -2.52. The van der Waals surface area contributed by atoms with Crippen LogP contribution in [0.1, 0.15) is 31.2 Å². The van der Waals surface area contributed by atoms with Gasteiger partial charge in [0.1, 0.15) is 0 Å². The van der Waals surface area contributed by atoms with E-state index in [-0.39, 0.29) is 51.7 Å². The molecule has 0 radical (unpaired) electrons. The van der Waals surface area contributed by atoms with Gasteiger partial charge in [-0.3, -0.25) is 0 Å². The van der Waals surface area contributed by atoms with Gasteiger partial charge in [0.25, 0.3) is 0 Å². The Balaban J connectivity index is 0.00000272. The second-order valence-electron chi connectivity index (χ2n) is 8.30. The molecule has 9 heteroatoms. The van der Waals surface area contributed by atoms with Crippen molar-refractivity contribution in [1.29, 1.82) is 0 Å². The lowest BCUT2D eigenvalue weighted by molar-refractivity contribution is 0.156. The third-order valence-electron chi connectivity index (χ3n) is 6.59. The first kappa shape index (κ1) is 23.3. The average molecular weight is 498 g/mol. The molecule has 1 saturated carbocycles. The van der Waals surface area contributed by atoms with Crippen molar-refractivity contribution in [3.8, 4) is 11.5 Å². The van der Waals surface area contributed by atoms with Crippen LogP contribution in [-0.2, 0) is 5.41 Å². The second kappa shape index (κ2) is 9.00. The molecule has 1 aliphatic heterocycles. The first-order chi connectivity index (χ1) is 14.3. The zero-order valence-electron chi connectivity index (χ0n) is 17.1. The first-order valence-corrected chi connectivity index (χ1v) is 10.0. The number of nitrogens with one attached hydrogen (secondary N) is 2. The molecular formula is C22H26BrF2N3O3. The summed E-state index contributed by atoms with van der Waals surface area (Å²) in [6.45, 7) is 0.903. The van der Waals surface area contributed by atoms with Crippen molar-refractivity contribution < 1.29 is 23.8 Å². The molecule has 31 heavy (non-hydrogen) atoms. The Morgan fingerprint density at radius 1 is 1.10 bits per heavy atom. The maximum atomic E-state index is 13.3. The SMILES string of the molecule is Br.CN1CCC2(c3ccc(O)c(O)c3)CCC(NC(=O)Nc3ccc(F)c(F)c3)CC12. The molecule has 2 aromatic carbocycles. The normalized spacial score (nSPS) is 25.4. The van der Waals surface area contributed by atoms with E-state index in [9.17, 15) is 23.8 Å². The minimum atomic E-state index is -1.01. The number of benzene rings is 2. The van der Waals surface area contributed by atoms with Gasteiger partial charge in [0.05, 0.1) is 0 Å². The fraction of sp³-hybridized carbons (Fsp3) is 0.409. The van der Waals surface area contributed by atoms with Crippen LogP contribution in [0.15, 0.2) is 36.4 Å². The first-order valence-electron chi connectivity index (χ1n) is 10.0. The third-order valence-corrected chi connectivity index (χ3v) is 6.59. The van der Waals surface area contributed by atoms with E-state index in [1.165, 1.54) is 12.1 Å². The number of hydrogen-bond acceptors (Lipinski definition) is 4. The second-order valence-corrected chi connectivity index (χ2v) is 8.30. The highest BCUT2D eigenvalue weighted by atomic mass is 79.9. The van der Waals surface area contributed by atoms with E-state index < -0.39 is 17.7 Å². The number of phenols is 2. The number of phenolic OH excluding ortho intramolecular Hbond substituents is 2. The van der Waals surface area contributed by atoms with Crippen molar-refractivity contribution in [2.45, 2.75) is 43.2 Å². The number of aromatic hydroxyl groups is 2. The maximum Gasteiger partial charge on any atom is 0.319 e. The molecule has 3 unspecified atom stereocenters. The Kier molecular flexibility index (Phi) is 6.76.